The zero-order chi connectivity index (χ0) is 19.0. The number of aryl methyl sites for hydroxylation is 2. The standard InChI is InChI=1S/C21H19N3O2S/c1-12-8-13(2)10-15(9-12)20-23-24-21(26-20)27-14(3)19(25)17-11-22-18-7-5-4-6-16(17)18/h4-11,14,22H,1-3H3/t14-/m0/s1. The first-order valence-electron chi connectivity index (χ1n) is 8.70. The second kappa shape index (κ2) is 7.04. The van der Waals surface area contributed by atoms with Gasteiger partial charge >= 0.3 is 0 Å². The van der Waals surface area contributed by atoms with Crippen LogP contribution < -0.4 is 0 Å². The van der Waals surface area contributed by atoms with Crippen LogP contribution in [0, 0.1) is 13.8 Å². The molecule has 2 aromatic carbocycles. The van der Waals surface area contributed by atoms with Crippen LogP contribution in [0.15, 0.2) is 58.3 Å². The molecule has 0 aliphatic carbocycles. The molecule has 4 rings (SSSR count). The van der Waals surface area contributed by atoms with Crippen LogP contribution in [-0.2, 0) is 0 Å². The van der Waals surface area contributed by atoms with Crippen LogP contribution in [0.4, 0.5) is 0 Å². The van der Waals surface area contributed by atoms with Crippen molar-refractivity contribution in [1.29, 1.82) is 0 Å². The summed E-state index contributed by atoms with van der Waals surface area (Å²) in [6.07, 6.45) is 1.76. The van der Waals surface area contributed by atoms with E-state index in [9.17, 15) is 4.79 Å². The summed E-state index contributed by atoms with van der Waals surface area (Å²) in [5.41, 5.74) is 4.80. The van der Waals surface area contributed by atoms with Gasteiger partial charge in [0.2, 0.25) is 5.89 Å². The van der Waals surface area contributed by atoms with E-state index in [0.717, 1.165) is 27.6 Å². The fourth-order valence-electron chi connectivity index (χ4n) is 3.17. The Morgan fingerprint density at radius 3 is 2.63 bits per heavy atom. The lowest BCUT2D eigenvalue weighted by molar-refractivity contribution is 0.0995. The van der Waals surface area contributed by atoms with E-state index >= 15 is 0 Å². The first-order valence-corrected chi connectivity index (χ1v) is 9.58. The van der Waals surface area contributed by atoms with Gasteiger partial charge in [0.1, 0.15) is 0 Å². The van der Waals surface area contributed by atoms with Crippen LogP contribution >= 0.6 is 11.8 Å². The summed E-state index contributed by atoms with van der Waals surface area (Å²) in [6, 6.07) is 13.9. The van der Waals surface area contributed by atoms with Crippen molar-refractivity contribution in [1.82, 2.24) is 15.2 Å². The highest BCUT2D eigenvalue weighted by atomic mass is 32.2. The molecule has 0 fully saturated rings. The molecule has 0 aliphatic heterocycles. The van der Waals surface area contributed by atoms with Crippen LogP contribution in [-0.4, -0.2) is 26.2 Å². The van der Waals surface area contributed by atoms with E-state index < -0.39 is 0 Å². The van der Waals surface area contributed by atoms with Gasteiger partial charge < -0.3 is 9.40 Å². The molecule has 1 atom stereocenters. The van der Waals surface area contributed by atoms with Crippen molar-refractivity contribution in [2.75, 3.05) is 0 Å². The van der Waals surface area contributed by atoms with Gasteiger partial charge in [-0.05, 0) is 39.0 Å². The lowest BCUT2D eigenvalue weighted by Crippen LogP contribution is -2.13. The molecule has 1 N–H and O–H groups in total. The molecule has 0 radical (unpaired) electrons. The maximum Gasteiger partial charge on any atom is 0.277 e. The van der Waals surface area contributed by atoms with Gasteiger partial charge in [0, 0.05) is 28.2 Å². The molecule has 0 saturated heterocycles. The van der Waals surface area contributed by atoms with Crippen molar-refractivity contribution < 1.29 is 9.21 Å². The smallest absolute Gasteiger partial charge is 0.277 e. The van der Waals surface area contributed by atoms with E-state index in [2.05, 4.69) is 21.2 Å². The number of benzene rings is 2. The number of Topliss-reactive ketones (excluding diaryl/α,β-unsaturated/α-hetero) is 1. The number of H-pyrrole nitrogens is 1. The second-order valence-electron chi connectivity index (χ2n) is 6.62. The lowest BCUT2D eigenvalue weighted by atomic mass is 10.1. The van der Waals surface area contributed by atoms with Crippen molar-refractivity contribution >= 4 is 28.4 Å². The molecule has 2 aromatic heterocycles. The van der Waals surface area contributed by atoms with Crippen LogP contribution in [0.25, 0.3) is 22.4 Å². The minimum atomic E-state index is -0.336. The number of carbonyl (C=O) groups is 1. The van der Waals surface area contributed by atoms with E-state index in [1.807, 2.05) is 57.2 Å². The van der Waals surface area contributed by atoms with Crippen molar-refractivity contribution in [3.05, 3.63) is 65.4 Å². The Labute approximate surface area is 161 Å². The van der Waals surface area contributed by atoms with E-state index in [-0.39, 0.29) is 11.0 Å². The zero-order valence-electron chi connectivity index (χ0n) is 15.3. The normalized spacial score (nSPS) is 12.4. The van der Waals surface area contributed by atoms with Gasteiger partial charge in [0.05, 0.1) is 5.25 Å². The molecule has 6 heteroatoms. The number of fused-ring (bicyclic) bond motifs is 1. The van der Waals surface area contributed by atoms with Crippen LogP contribution in [0.1, 0.15) is 28.4 Å². The van der Waals surface area contributed by atoms with Gasteiger partial charge in [-0.1, -0.05) is 47.2 Å². The maximum absolute atomic E-state index is 12.9. The Bertz CT molecular complexity index is 1110. The fourth-order valence-corrected chi connectivity index (χ4v) is 3.92. The molecule has 0 saturated carbocycles. The topological polar surface area (TPSA) is 71.8 Å². The summed E-state index contributed by atoms with van der Waals surface area (Å²) in [5.74, 6) is 0.500. The average Bonchev–Trinajstić information content (AvgIpc) is 3.27. The summed E-state index contributed by atoms with van der Waals surface area (Å²) >= 11 is 1.28. The summed E-state index contributed by atoms with van der Waals surface area (Å²) in [4.78, 5) is 16.0. The molecule has 0 spiro atoms. The molecule has 0 bridgehead atoms. The highest BCUT2D eigenvalue weighted by Crippen LogP contribution is 2.30. The Balaban J connectivity index is 1.54. The average molecular weight is 377 g/mol. The SMILES string of the molecule is Cc1cc(C)cc(-c2nnc(S[C@@H](C)C(=O)c3c[nH]c4ccccc34)o2)c1. The van der Waals surface area contributed by atoms with Crippen LogP contribution in [0.3, 0.4) is 0 Å². The second-order valence-corrected chi connectivity index (χ2v) is 7.91. The number of aromatic nitrogens is 3. The first-order chi connectivity index (χ1) is 13.0. The van der Waals surface area contributed by atoms with Gasteiger partial charge in [-0.25, -0.2) is 0 Å². The van der Waals surface area contributed by atoms with Crippen LogP contribution in [0.5, 0.6) is 0 Å². The van der Waals surface area contributed by atoms with Crippen molar-refractivity contribution in [2.24, 2.45) is 0 Å². The van der Waals surface area contributed by atoms with Gasteiger partial charge in [-0.15, -0.1) is 10.2 Å². The molecular weight excluding hydrogens is 358 g/mol. The van der Waals surface area contributed by atoms with Crippen LogP contribution in [0.2, 0.25) is 0 Å². The Morgan fingerprint density at radius 2 is 1.85 bits per heavy atom. The third-order valence-electron chi connectivity index (χ3n) is 4.38. The number of hydrogen-bond donors (Lipinski definition) is 1. The van der Waals surface area contributed by atoms with E-state index in [1.54, 1.807) is 6.20 Å². The fraction of sp³-hybridized carbons (Fsp3) is 0.190. The Morgan fingerprint density at radius 1 is 1.11 bits per heavy atom. The van der Waals surface area contributed by atoms with E-state index in [4.69, 9.17) is 4.42 Å². The van der Waals surface area contributed by atoms with Gasteiger partial charge in [0.15, 0.2) is 5.78 Å². The van der Waals surface area contributed by atoms with Crippen molar-refractivity contribution in [3.63, 3.8) is 0 Å². The zero-order valence-corrected chi connectivity index (χ0v) is 16.1. The molecule has 136 valence electrons. The largest absolute Gasteiger partial charge is 0.411 e. The number of hydrogen-bond acceptors (Lipinski definition) is 5. The van der Waals surface area contributed by atoms with Gasteiger partial charge in [0.25, 0.3) is 5.22 Å². The van der Waals surface area contributed by atoms with Crippen molar-refractivity contribution in [2.45, 2.75) is 31.2 Å². The quantitative estimate of drug-likeness (QED) is 0.382. The summed E-state index contributed by atoms with van der Waals surface area (Å²) in [6.45, 7) is 5.92. The predicted molar refractivity (Wildman–Crippen MR) is 107 cm³/mol. The van der Waals surface area contributed by atoms with Gasteiger partial charge in [-0.2, -0.15) is 0 Å². The molecule has 0 unspecified atom stereocenters. The lowest BCUT2D eigenvalue weighted by Gasteiger charge is -2.06. The number of carbonyl (C=O) groups excluding carboxylic acids is 1. The Hall–Kier alpha value is -2.86. The first kappa shape index (κ1) is 17.5. The van der Waals surface area contributed by atoms with E-state index in [1.165, 1.54) is 11.8 Å². The van der Waals surface area contributed by atoms with E-state index in [0.29, 0.717) is 16.7 Å². The minimum Gasteiger partial charge on any atom is -0.411 e. The van der Waals surface area contributed by atoms with Gasteiger partial charge in [-0.3, -0.25) is 4.79 Å². The number of ketones is 1. The number of nitrogens with zero attached hydrogens (tertiary/aromatic N) is 2. The number of thioether (sulfide) groups is 1. The molecule has 4 aromatic rings. The molecule has 27 heavy (non-hydrogen) atoms. The molecule has 0 aliphatic rings. The van der Waals surface area contributed by atoms with Crippen molar-refractivity contribution in [3.8, 4) is 11.5 Å². The molecular formula is C21H19N3O2S. The number of nitrogens with one attached hydrogen (secondary N) is 1. The number of para-hydroxylation sites is 1. The maximum atomic E-state index is 12.9. The Kier molecular flexibility index (Phi) is 4.58. The highest BCUT2D eigenvalue weighted by molar-refractivity contribution is 8.00. The molecule has 5 nitrogen and oxygen atoms in total. The summed E-state index contributed by atoms with van der Waals surface area (Å²) < 4.78 is 5.79. The molecule has 0 amide bonds. The highest BCUT2D eigenvalue weighted by Gasteiger charge is 2.22. The number of rotatable bonds is 5. The number of aromatic amines is 1. The predicted octanol–water partition coefficient (Wildman–Crippen LogP) is 5.20. The summed E-state index contributed by atoms with van der Waals surface area (Å²) in [7, 11) is 0. The minimum absolute atomic E-state index is 0.0311. The third-order valence-corrected chi connectivity index (χ3v) is 5.31. The molecule has 2 heterocycles. The monoisotopic (exact) mass is 377 g/mol. The summed E-state index contributed by atoms with van der Waals surface area (Å²) in [5, 5.41) is 9.23. The third kappa shape index (κ3) is 3.53.